The first kappa shape index (κ1) is 13.9. The van der Waals surface area contributed by atoms with Crippen molar-refractivity contribution in [2.24, 2.45) is 5.92 Å². The molecule has 2 aliphatic carbocycles. The monoisotopic (exact) mass is 274 g/mol. The van der Waals surface area contributed by atoms with Crippen LogP contribution < -0.4 is 10.1 Å². The molecule has 0 aliphatic heterocycles. The Bertz CT molecular complexity index is 444. The maximum atomic E-state index is 5.45. The summed E-state index contributed by atoms with van der Waals surface area (Å²) in [6.07, 6.45) is 5.48. The third kappa shape index (κ3) is 3.15. The van der Waals surface area contributed by atoms with E-state index in [1.165, 1.54) is 37.8 Å². The summed E-state index contributed by atoms with van der Waals surface area (Å²) in [6.45, 7) is 2.18. The number of para-hydroxylation sites is 1. The van der Waals surface area contributed by atoms with Crippen molar-refractivity contribution in [1.82, 2.24) is 10.2 Å². The van der Waals surface area contributed by atoms with E-state index >= 15 is 0 Å². The highest BCUT2D eigenvalue weighted by atomic mass is 16.5. The molecule has 2 atom stereocenters. The van der Waals surface area contributed by atoms with Crippen LogP contribution in [-0.2, 0) is 6.54 Å². The molecule has 0 bridgehead atoms. The highest BCUT2D eigenvalue weighted by molar-refractivity contribution is 5.33. The number of methoxy groups -OCH3 is 1. The lowest BCUT2D eigenvalue weighted by Crippen LogP contribution is -2.48. The molecule has 0 amide bonds. The van der Waals surface area contributed by atoms with Crippen molar-refractivity contribution in [2.75, 3.05) is 20.7 Å². The number of hydrogen-bond donors (Lipinski definition) is 1. The molecule has 0 spiro atoms. The summed E-state index contributed by atoms with van der Waals surface area (Å²) in [5.41, 5.74) is 1.29. The molecule has 2 fully saturated rings. The van der Waals surface area contributed by atoms with Crippen LogP contribution in [0.2, 0.25) is 0 Å². The zero-order chi connectivity index (χ0) is 13.9. The van der Waals surface area contributed by atoms with E-state index in [9.17, 15) is 0 Å². The predicted molar refractivity (Wildman–Crippen MR) is 82.0 cm³/mol. The summed E-state index contributed by atoms with van der Waals surface area (Å²) in [4.78, 5) is 2.50. The maximum Gasteiger partial charge on any atom is 0.123 e. The molecule has 0 radical (unpaired) electrons. The molecule has 0 saturated heterocycles. The Labute approximate surface area is 122 Å². The lowest BCUT2D eigenvalue weighted by Gasteiger charge is -2.43. The van der Waals surface area contributed by atoms with Gasteiger partial charge in [-0.05, 0) is 51.3 Å². The van der Waals surface area contributed by atoms with E-state index in [0.29, 0.717) is 0 Å². The summed E-state index contributed by atoms with van der Waals surface area (Å²) < 4.78 is 5.45. The van der Waals surface area contributed by atoms with Gasteiger partial charge in [0.05, 0.1) is 7.11 Å². The first-order chi connectivity index (χ1) is 9.78. The second kappa shape index (κ2) is 6.15. The van der Waals surface area contributed by atoms with E-state index in [4.69, 9.17) is 4.74 Å². The normalized spacial score (nSPS) is 25.6. The van der Waals surface area contributed by atoms with Gasteiger partial charge in [0.25, 0.3) is 0 Å². The van der Waals surface area contributed by atoms with Crippen LogP contribution in [-0.4, -0.2) is 37.7 Å². The van der Waals surface area contributed by atoms with Crippen molar-refractivity contribution in [3.63, 3.8) is 0 Å². The largest absolute Gasteiger partial charge is 0.496 e. The minimum Gasteiger partial charge on any atom is -0.496 e. The van der Waals surface area contributed by atoms with Crippen LogP contribution in [0.5, 0.6) is 5.75 Å². The number of hydrogen-bond acceptors (Lipinski definition) is 3. The van der Waals surface area contributed by atoms with Crippen LogP contribution >= 0.6 is 0 Å². The van der Waals surface area contributed by atoms with Gasteiger partial charge < -0.3 is 10.1 Å². The van der Waals surface area contributed by atoms with E-state index in [0.717, 1.165) is 30.3 Å². The van der Waals surface area contributed by atoms with Crippen LogP contribution in [0.4, 0.5) is 0 Å². The number of benzene rings is 1. The van der Waals surface area contributed by atoms with Crippen molar-refractivity contribution in [3.05, 3.63) is 29.8 Å². The van der Waals surface area contributed by atoms with Crippen molar-refractivity contribution in [3.8, 4) is 5.75 Å². The summed E-state index contributed by atoms with van der Waals surface area (Å²) in [5, 5.41) is 3.68. The standard InChI is InChI=1S/C17H26N2O/c1-19(12-14-5-3-4-6-17(14)20-2)16-10-7-13(16)11-18-15-8-9-15/h3-6,13,15-16,18H,7-12H2,1-2H3. The van der Waals surface area contributed by atoms with Crippen molar-refractivity contribution >= 4 is 0 Å². The fraction of sp³-hybridized carbons (Fsp3) is 0.647. The van der Waals surface area contributed by atoms with Gasteiger partial charge in [0, 0.05) is 24.2 Å². The molecule has 2 aliphatic rings. The molecule has 3 heteroatoms. The van der Waals surface area contributed by atoms with E-state index < -0.39 is 0 Å². The molecule has 3 nitrogen and oxygen atoms in total. The molecular formula is C17H26N2O. The van der Waals surface area contributed by atoms with Gasteiger partial charge in [-0.25, -0.2) is 0 Å². The van der Waals surface area contributed by atoms with Gasteiger partial charge >= 0.3 is 0 Å². The number of ether oxygens (including phenoxy) is 1. The van der Waals surface area contributed by atoms with Crippen LogP contribution in [0, 0.1) is 5.92 Å². The first-order valence-electron chi connectivity index (χ1n) is 7.83. The molecule has 1 N–H and O–H groups in total. The Morgan fingerprint density at radius 3 is 2.65 bits per heavy atom. The van der Waals surface area contributed by atoms with Crippen LogP contribution in [0.1, 0.15) is 31.2 Å². The summed E-state index contributed by atoms with van der Waals surface area (Å²) in [7, 11) is 4.00. The molecule has 0 aromatic heterocycles. The summed E-state index contributed by atoms with van der Waals surface area (Å²) in [5.74, 6) is 1.83. The average Bonchev–Trinajstić information content (AvgIpc) is 3.22. The Morgan fingerprint density at radius 2 is 2.00 bits per heavy atom. The second-order valence-electron chi connectivity index (χ2n) is 6.31. The second-order valence-corrected chi connectivity index (χ2v) is 6.31. The van der Waals surface area contributed by atoms with Gasteiger partial charge in [0.15, 0.2) is 0 Å². The van der Waals surface area contributed by atoms with E-state index in [1.807, 2.05) is 6.07 Å². The molecule has 2 unspecified atom stereocenters. The van der Waals surface area contributed by atoms with Gasteiger partial charge in [0.2, 0.25) is 0 Å². The zero-order valence-corrected chi connectivity index (χ0v) is 12.6. The van der Waals surface area contributed by atoms with Gasteiger partial charge in [-0.15, -0.1) is 0 Å². The van der Waals surface area contributed by atoms with Crippen molar-refractivity contribution < 1.29 is 4.74 Å². The maximum absolute atomic E-state index is 5.45. The highest BCUT2D eigenvalue weighted by Gasteiger charge is 2.35. The van der Waals surface area contributed by atoms with Gasteiger partial charge in [-0.2, -0.15) is 0 Å². The molecule has 2 saturated carbocycles. The average molecular weight is 274 g/mol. The quantitative estimate of drug-likeness (QED) is 0.827. The van der Waals surface area contributed by atoms with Gasteiger partial charge in [-0.1, -0.05) is 18.2 Å². The zero-order valence-electron chi connectivity index (χ0n) is 12.6. The lowest BCUT2D eigenvalue weighted by molar-refractivity contribution is 0.0772. The molecule has 1 aromatic carbocycles. The van der Waals surface area contributed by atoms with Gasteiger partial charge in [0.1, 0.15) is 5.75 Å². The Hall–Kier alpha value is -1.06. The molecular weight excluding hydrogens is 248 g/mol. The smallest absolute Gasteiger partial charge is 0.123 e. The predicted octanol–water partition coefficient (Wildman–Crippen LogP) is 2.66. The topological polar surface area (TPSA) is 24.5 Å². The fourth-order valence-electron chi connectivity index (χ4n) is 3.19. The van der Waals surface area contributed by atoms with E-state index in [1.54, 1.807) is 7.11 Å². The van der Waals surface area contributed by atoms with Crippen LogP contribution in [0.25, 0.3) is 0 Å². The third-order valence-corrected chi connectivity index (χ3v) is 4.80. The lowest BCUT2D eigenvalue weighted by atomic mass is 9.78. The minimum absolute atomic E-state index is 0.728. The summed E-state index contributed by atoms with van der Waals surface area (Å²) >= 11 is 0. The first-order valence-corrected chi connectivity index (χ1v) is 7.83. The van der Waals surface area contributed by atoms with E-state index in [-0.39, 0.29) is 0 Å². The molecule has 0 heterocycles. The van der Waals surface area contributed by atoms with E-state index in [2.05, 4.69) is 35.5 Å². The minimum atomic E-state index is 0.728. The Kier molecular flexibility index (Phi) is 4.27. The highest BCUT2D eigenvalue weighted by Crippen LogP contribution is 2.33. The van der Waals surface area contributed by atoms with Crippen molar-refractivity contribution in [1.29, 1.82) is 0 Å². The summed E-state index contributed by atoms with van der Waals surface area (Å²) in [6, 6.07) is 9.91. The van der Waals surface area contributed by atoms with Crippen LogP contribution in [0.3, 0.4) is 0 Å². The number of rotatable bonds is 7. The SMILES string of the molecule is COc1ccccc1CN(C)C1CCC1CNC1CC1. The molecule has 1 aromatic rings. The molecule has 20 heavy (non-hydrogen) atoms. The Morgan fingerprint density at radius 1 is 1.20 bits per heavy atom. The molecule has 3 rings (SSSR count). The fourth-order valence-corrected chi connectivity index (χ4v) is 3.19. The number of nitrogens with one attached hydrogen (secondary N) is 1. The van der Waals surface area contributed by atoms with Gasteiger partial charge in [-0.3, -0.25) is 4.90 Å². The van der Waals surface area contributed by atoms with Crippen molar-refractivity contribution in [2.45, 2.75) is 44.3 Å². The third-order valence-electron chi connectivity index (χ3n) is 4.80. The molecule has 110 valence electrons. The van der Waals surface area contributed by atoms with Crippen LogP contribution in [0.15, 0.2) is 24.3 Å². The number of nitrogens with zero attached hydrogens (tertiary/aromatic N) is 1. The Balaban J connectivity index is 1.53.